The zero-order valence-corrected chi connectivity index (χ0v) is 11.3. The topological polar surface area (TPSA) is 18.5 Å². The summed E-state index contributed by atoms with van der Waals surface area (Å²) in [5.74, 6) is 0. The first-order chi connectivity index (χ1) is 7.74. The average molecular weight is 227 g/mol. The highest BCUT2D eigenvalue weighted by molar-refractivity contribution is 4.76. The summed E-state index contributed by atoms with van der Waals surface area (Å²) in [6.07, 6.45) is 4.01. The van der Waals surface area contributed by atoms with Crippen LogP contribution in [0.15, 0.2) is 0 Å². The molecule has 0 aromatic heterocycles. The maximum Gasteiger partial charge on any atom is 0.0192 e. The maximum absolute atomic E-state index is 3.54. The fourth-order valence-corrected chi connectivity index (χ4v) is 2.19. The first-order valence-electron chi connectivity index (χ1n) is 6.87. The van der Waals surface area contributed by atoms with Crippen LogP contribution >= 0.6 is 0 Å². The van der Waals surface area contributed by atoms with Crippen LogP contribution in [0.3, 0.4) is 0 Å². The molecule has 0 bridgehead atoms. The molecule has 1 saturated heterocycles. The van der Waals surface area contributed by atoms with Crippen LogP contribution in [0.2, 0.25) is 0 Å². The molecule has 1 atom stereocenters. The molecule has 0 aliphatic carbocycles. The lowest BCUT2D eigenvalue weighted by Crippen LogP contribution is -2.51. The molecule has 0 spiro atoms. The molecule has 1 fully saturated rings. The number of likely N-dealkylation sites (N-methyl/N-ethyl adjacent to an activating group) is 1. The number of rotatable bonds is 7. The normalized spacial score (nSPS) is 23.8. The second-order valence-corrected chi connectivity index (χ2v) is 5.09. The Morgan fingerprint density at radius 1 is 1.19 bits per heavy atom. The van der Waals surface area contributed by atoms with Crippen LogP contribution in [0.1, 0.15) is 33.1 Å². The third-order valence-electron chi connectivity index (χ3n) is 3.61. The molecule has 0 aromatic carbocycles. The number of nitrogens with one attached hydrogen (secondary N) is 1. The molecule has 0 saturated carbocycles. The highest BCUT2D eigenvalue weighted by Crippen LogP contribution is 2.05. The number of hydrogen-bond donors (Lipinski definition) is 1. The zero-order chi connectivity index (χ0) is 11.8. The van der Waals surface area contributed by atoms with Gasteiger partial charge in [0, 0.05) is 38.8 Å². The van der Waals surface area contributed by atoms with Gasteiger partial charge in [-0.15, -0.1) is 0 Å². The largest absolute Gasteiger partial charge is 0.315 e. The minimum absolute atomic E-state index is 0.717. The van der Waals surface area contributed by atoms with Gasteiger partial charge in [-0.1, -0.05) is 19.8 Å². The van der Waals surface area contributed by atoms with Crippen molar-refractivity contribution in [2.75, 3.05) is 46.3 Å². The molecule has 1 N–H and O–H groups in total. The molecule has 1 aliphatic heterocycles. The van der Waals surface area contributed by atoms with E-state index < -0.39 is 0 Å². The van der Waals surface area contributed by atoms with Gasteiger partial charge in [0.15, 0.2) is 0 Å². The highest BCUT2D eigenvalue weighted by Gasteiger charge is 2.19. The van der Waals surface area contributed by atoms with Crippen molar-refractivity contribution in [1.29, 1.82) is 0 Å². The Morgan fingerprint density at radius 3 is 2.69 bits per heavy atom. The van der Waals surface area contributed by atoms with E-state index in [2.05, 4.69) is 36.0 Å². The Labute approximate surface area is 101 Å². The van der Waals surface area contributed by atoms with Crippen molar-refractivity contribution in [3.05, 3.63) is 0 Å². The lowest BCUT2D eigenvalue weighted by Gasteiger charge is -2.37. The minimum Gasteiger partial charge on any atom is -0.315 e. The second-order valence-electron chi connectivity index (χ2n) is 5.09. The van der Waals surface area contributed by atoms with Crippen molar-refractivity contribution >= 4 is 0 Å². The van der Waals surface area contributed by atoms with Gasteiger partial charge in [-0.2, -0.15) is 0 Å². The van der Waals surface area contributed by atoms with Crippen molar-refractivity contribution < 1.29 is 0 Å². The van der Waals surface area contributed by atoms with E-state index in [1.54, 1.807) is 0 Å². The Kier molecular flexibility index (Phi) is 7.01. The number of hydrogen-bond acceptors (Lipinski definition) is 3. The summed E-state index contributed by atoms with van der Waals surface area (Å²) in [5.41, 5.74) is 0. The Balaban J connectivity index is 1.97. The van der Waals surface area contributed by atoms with Gasteiger partial charge in [0.1, 0.15) is 0 Å². The number of nitrogens with zero attached hydrogens (tertiary/aromatic N) is 2. The Hall–Kier alpha value is -0.120. The number of piperazine rings is 1. The predicted octanol–water partition coefficient (Wildman–Crippen LogP) is 1.40. The van der Waals surface area contributed by atoms with Gasteiger partial charge in [-0.3, -0.25) is 4.90 Å². The molecule has 3 nitrogen and oxygen atoms in total. The van der Waals surface area contributed by atoms with Crippen molar-refractivity contribution in [2.45, 2.75) is 39.2 Å². The Bertz CT molecular complexity index is 173. The van der Waals surface area contributed by atoms with Gasteiger partial charge in [0.2, 0.25) is 0 Å². The summed E-state index contributed by atoms with van der Waals surface area (Å²) in [6.45, 7) is 11.8. The summed E-state index contributed by atoms with van der Waals surface area (Å²) in [4.78, 5) is 5.03. The fraction of sp³-hybridized carbons (Fsp3) is 1.00. The molecule has 0 amide bonds. The van der Waals surface area contributed by atoms with Crippen molar-refractivity contribution in [1.82, 2.24) is 15.1 Å². The summed E-state index contributed by atoms with van der Waals surface area (Å²) in [6, 6.07) is 0.717. The van der Waals surface area contributed by atoms with Crippen LogP contribution in [0.5, 0.6) is 0 Å². The SMILES string of the molecule is CCCCCNCCN1CCN(C)C(C)C1. The third kappa shape index (κ3) is 5.28. The van der Waals surface area contributed by atoms with E-state index in [0.29, 0.717) is 6.04 Å². The van der Waals surface area contributed by atoms with Crippen molar-refractivity contribution in [2.24, 2.45) is 0 Å². The van der Waals surface area contributed by atoms with Gasteiger partial charge in [0.25, 0.3) is 0 Å². The summed E-state index contributed by atoms with van der Waals surface area (Å²) < 4.78 is 0. The maximum atomic E-state index is 3.54. The van der Waals surface area contributed by atoms with E-state index in [1.165, 1.54) is 52.0 Å². The third-order valence-corrected chi connectivity index (χ3v) is 3.61. The highest BCUT2D eigenvalue weighted by atomic mass is 15.3. The van der Waals surface area contributed by atoms with Gasteiger partial charge in [-0.25, -0.2) is 0 Å². The quantitative estimate of drug-likeness (QED) is 0.663. The van der Waals surface area contributed by atoms with Gasteiger partial charge in [-0.05, 0) is 26.9 Å². The average Bonchev–Trinajstić information content (AvgIpc) is 2.28. The molecule has 0 aromatic rings. The molecule has 3 heteroatoms. The van der Waals surface area contributed by atoms with E-state index in [4.69, 9.17) is 0 Å². The molecule has 16 heavy (non-hydrogen) atoms. The van der Waals surface area contributed by atoms with Crippen LogP contribution < -0.4 is 5.32 Å². The first kappa shape index (κ1) is 13.9. The van der Waals surface area contributed by atoms with E-state index in [9.17, 15) is 0 Å². The first-order valence-corrected chi connectivity index (χ1v) is 6.87. The standard InChI is InChI=1S/C13H29N3/c1-4-5-6-7-14-8-9-16-11-10-15(3)13(2)12-16/h13-14H,4-12H2,1-3H3. The monoisotopic (exact) mass is 227 g/mol. The number of unbranched alkanes of at least 4 members (excludes halogenated alkanes) is 2. The van der Waals surface area contributed by atoms with Gasteiger partial charge < -0.3 is 10.2 Å². The van der Waals surface area contributed by atoms with E-state index in [0.717, 1.165) is 6.54 Å². The molecule has 0 radical (unpaired) electrons. The molecular weight excluding hydrogens is 198 g/mol. The van der Waals surface area contributed by atoms with E-state index in [-0.39, 0.29) is 0 Å². The predicted molar refractivity (Wildman–Crippen MR) is 70.9 cm³/mol. The van der Waals surface area contributed by atoms with Crippen LogP contribution in [0.25, 0.3) is 0 Å². The summed E-state index contributed by atoms with van der Waals surface area (Å²) in [7, 11) is 2.23. The van der Waals surface area contributed by atoms with Crippen LogP contribution in [-0.2, 0) is 0 Å². The smallest absolute Gasteiger partial charge is 0.0192 e. The van der Waals surface area contributed by atoms with Crippen LogP contribution in [0.4, 0.5) is 0 Å². The lowest BCUT2D eigenvalue weighted by atomic mass is 10.2. The van der Waals surface area contributed by atoms with E-state index >= 15 is 0 Å². The summed E-state index contributed by atoms with van der Waals surface area (Å²) >= 11 is 0. The van der Waals surface area contributed by atoms with Crippen molar-refractivity contribution in [3.63, 3.8) is 0 Å². The van der Waals surface area contributed by atoms with E-state index in [1.807, 2.05) is 0 Å². The molecule has 1 rings (SSSR count). The minimum atomic E-state index is 0.717. The molecular formula is C13H29N3. The van der Waals surface area contributed by atoms with Gasteiger partial charge in [0.05, 0.1) is 0 Å². The Morgan fingerprint density at radius 2 is 2.00 bits per heavy atom. The lowest BCUT2D eigenvalue weighted by molar-refractivity contribution is 0.106. The summed E-state index contributed by atoms with van der Waals surface area (Å²) in [5, 5.41) is 3.54. The van der Waals surface area contributed by atoms with Crippen LogP contribution in [-0.4, -0.2) is 62.2 Å². The van der Waals surface area contributed by atoms with Crippen LogP contribution in [0, 0.1) is 0 Å². The molecule has 1 aliphatic rings. The molecule has 1 heterocycles. The fourth-order valence-electron chi connectivity index (χ4n) is 2.19. The molecule has 1 unspecified atom stereocenters. The molecule has 96 valence electrons. The second kappa shape index (κ2) is 8.04. The zero-order valence-electron chi connectivity index (χ0n) is 11.3. The van der Waals surface area contributed by atoms with Crippen molar-refractivity contribution in [3.8, 4) is 0 Å². The van der Waals surface area contributed by atoms with Gasteiger partial charge >= 0.3 is 0 Å².